The van der Waals surface area contributed by atoms with Crippen LogP contribution in [0.1, 0.15) is 34.7 Å². The number of aryl methyl sites for hydroxylation is 1. The minimum atomic E-state index is -0.137. The van der Waals surface area contributed by atoms with Gasteiger partial charge in [-0.3, -0.25) is 4.98 Å². The second-order valence-electron chi connectivity index (χ2n) is 8.68. The molecule has 6 rings (SSSR count). The number of nitrogens with zero attached hydrogens (tertiary/aromatic N) is 3. The van der Waals surface area contributed by atoms with Crippen molar-refractivity contribution in [3.8, 4) is 17.2 Å². The van der Waals surface area contributed by atoms with E-state index >= 15 is 0 Å². The normalized spacial score (nSPS) is 18.7. The highest BCUT2D eigenvalue weighted by Gasteiger charge is 2.42. The maximum absolute atomic E-state index is 6.33. The highest BCUT2D eigenvalue weighted by Crippen LogP contribution is 2.46. The molecule has 1 saturated heterocycles. The zero-order valence-electron chi connectivity index (χ0n) is 19.2. The average molecular weight is 503 g/mol. The zero-order chi connectivity index (χ0) is 24.1. The van der Waals surface area contributed by atoms with Gasteiger partial charge < -0.3 is 24.3 Å². The van der Waals surface area contributed by atoms with Crippen molar-refractivity contribution in [3.05, 3.63) is 101 Å². The lowest BCUT2D eigenvalue weighted by molar-refractivity contribution is 0.174. The van der Waals surface area contributed by atoms with Crippen LogP contribution in [0.3, 0.4) is 0 Å². The van der Waals surface area contributed by atoms with Crippen molar-refractivity contribution >= 4 is 34.6 Å². The number of halogens is 1. The molecule has 4 aromatic rings. The summed E-state index contributed by atoms with van der Waals surface area (Å²) < 4.78 is 13.4. The molecule has 4 heterocycles. The number of aromatic nitrogens is 2. The van der Waals surface area contributed by atoms with Gasteiger partial charge in [-0.25, -0.2) is 0 Å². The highest BCUT2D eigenvalue weighted by atomic mass is 35.5. The number of pyridine rings is 1. The molecule has 0 aliphatic carbocycles. The maximum atomic E-state index is 6.33. The Bertz CT molecular complexity index is 1440. The van der Waals surface area contributed by atoms with Crippen LogP contribution in [0.2, 0.25) is 5.02 Å². The molecule has 35 heavy (non-hydrogen) atoms. The summed E-state index contributed by atoms with van der Waals surface area (Å²) in [4.78, 5) is 6.82. The van der Waals surface area contributed by atoms with Gasteiger partial charge >= 0.3 is 0 Å². The van der Waals surface area contributed by atoms with Gasteiger partial charge in [-0.2, -0.15) is 0 Å². The third-order valence-electron chi connectivity index (χ3n) is 6.59. The number of thiocarbonyl (C=S) groups is 1. The van der Waals surface area contributed by atoms with E-state index in [4.69, 9.17) is 33.3 Å². The Morgan fingerprint density at radius 1 is 0.971 bits per heavy atom. The molecule has 0 unspecified atom stereocenters. The maximum Gasteiger partial charge on any atom is 0.231 e. The van der Waals surface area contributed by atoms with Gasteiger partial charge in [0.15, 0.2) is 16.6 Å². The van der Waals surface area contributed by atoms with Crippen molar-refractivity contribution < 1.29 is 9.47 Å². The second kappa shape index (κ2) is 8.59. The molecule has 0 saturated carbocycles. The quantitative estimate of drug-likeness (QED) is 0.343. The fourth-order valence-electron chi connectivity index (χ4n) is 5.08. The lowest BCUT2D eigenvalue weighted by Gasteiger charge is -2.28. The van der Waals surface area contributed by atoms with Crippen LogP contribution in [-0.4, -0.2) is 21.5 Å². The number of fused-ring (bicyclic) bond motifs is 1. The van der Waals surface area contributed by atoms with Gasteiger partial charge in [-0.05, 0) is 80.2 Å². The molecule has 2 aromatic heterocycles. The fraction of sp³-hybridized carbons (Fsp3) is 0.185. The van der Waals surface area contributed by atoms with E-state index in [1.54, 1.807) is 0 Å². The van der Waals surface area contributed by atoms with Crippen LogP contribution in [0.15, 0.2) is 72.9 Å². The highest BCUT2D eigenvalue weighted by molar-refractivity contribution is 7.80. The molecule has 1 fully saturated rings. The molecule has 2 aliphatic rings. The Morgan fingerprint density at radius 2 is 1.83 bits per heavy atom. The summed E-state index contributed by atoms with van der Waals surface area (Å²) in [7, 11) is 0. The predicted octanol–water partition coefficient (Wildman–Crippen LogP) is 6.05. The molecule has 2 aromatic carbocycles. The first kappa shape index (κ1) is 21.9. The third-order valence-corrected chi connectivity index (χ3v) is 7.14. The van der Waals surface area contributed by atoms with Crippen LogP contribution in [-0.2, 0) is 0 Å². The van der Waals surface area contributed by atoms with Crippen LogP contribution in [0, 0.1) is 13.8 Å². The van der Waals surface area contributed by atoms with Crippen LogP contribution >= 0.6 is 23.8 Å². The van der Waals surface area contributed by atoms with Crippen LogP contribution in [0.4, 0.5) is 5.69 Å². The number of ether oxygens (including phenoxy) is 2. The van der Waals surface area contributed by atoms with Gasteiger partial charge in [0.2, 0.25) is 6.79 Å². The molecule has 0 radical (unpaired) electrons. The molecule has 0 amide bonds. The molecule has 2 atom stereocenters. The summed E-state index contributed by atoms with van der Waals surface area (Å²) in [5.74, 6) is 1.46. The number of hydrogen-bond acceptors (Lipinski definition) is 4. The topological polar surface area (TPSA) is 51.6 Å². The fourth-order valence-corrected chi connectivity index (χ4v) is 5.61. The van der Waals surface area contributed by atoms with E-state index in [-0.39, 0.29) is 18.9 Å². The van der Waals surface area contributed by atoms with Crippen molar-refractivity contribution in [2.75, 3.05) is 11.7 Å². The largest absolute Gasteiger partial charge is 0.454 e. The number of hydrogen-bond donors (Lipinski definition) is 1. The average Bonchev–Trinajstić information content (AvgIpc) is 3.54. The van der Waals surface area contributed by atoms with Gasteiger partial charge in [0.25, 0.3) is 0 Å². The van der Waals surface area contributed by atoms with E-state index in [0.29, 0.717) is 10.1 Å². The lowest BCUT2D eigenvalue weighted by atomic mass is 9.96. The van der Waals surface area contributed by atoms with Crippen molar-refractivity contribution in [3.63, 3.8) is 0 Å². The summed E-state index contributed by atoms with van der Waals surface area (Å²) in [5.41, 5.74) is 6.27. The number of nitrogens with one attached hydrogen (secondary N) is 1. The van der Waals surface area contributed by atoms with E-state index in [0.717, 1.165) is 45.5 Å². The third kappa shape index (κ3) is 3.72. The van der Waals surface area contributed by atoms with E-state index in [1.165, 1.54) is 0 Å². The van der Waals surface area contributed by atoms with Gasteiger partial charge in [0, 0.05) is 40.0 Å². The van der Waals surface area contributed by atoms with E-state index in [1.807, 2.05) is 60.8 Å². The first-order valence-electron chi connectivity index (χ1n) is 11.4. The number of anilines is 1. The SMILES string of the molecule is Cc1cc([C@@H]2[C@@H](c3ccccn3)NC(=S)N2c2ccc3c(c2)OCO3)c(C)n1-c1cccc(Cl)c1. The van der Waals surface area contributed by atoms with E-state index in [2.05, 4.69) is 45.7 Å². The van der Waals surface area contributed by atoms with Crippen LogP contribution in [0.25, 0.3) is 5.69 Å². The lowest BCUT2D eigenvalue weighted by Crippen LogP contribution is -2.29. The van der Waals surface area contributed by atoms with E-state index in [9.17, 15) is 0 Å². The van der Waals surface area contributed by atoms with Gasteiger partial charge in [-0.1, -0.05) is 23.7 Å². The molecule has 8 heteroatoms. The van der Waals surface area contributed by atoms with Crippen LogP contribution < -0.4 is 19.7 Å². The summed E-state index contributed by atoms with van der Waals surface area (Å²) >= 11 is 12.2. The van der Waals surface area contributed by atoms with E-state index < -0.39 is 0 Å². The molecule has 176 valence electrons. The molecule has 6 nitrogen and oxygen atoms in total. The molecule has 0 spiro atoms. The van der Waals surface area contributed by atoms with Crippen LogP contribution in [0.5, 0.6) is 11.5 Å². The first-order chi connectivity index (χ1) is 17.0. The standard InChI is InChI=1S/C27H23ClN4O2S/c1-16-12-21(17(2)31(16)19-7-5-6-18(28)13-19)26-25(22-8-3-4-11-29-22)30-27(35)32(26)20-9-10-23-24(14-20)34-15-33-23/h3-14,25-26H,15H2,1-2H3,(H,30,35)/t25-,26-/m1/s1. The minimum Gasteiger partial charge on any atom is -0.454 e. The molecule has 1 N–H and O–H groups in total. The number of benzene rings is 2. The zero-order valence-corrected chi connectivity index (χ0v) is 20.8. The van der Waals surface area contributed by atoms with Crippen molar-refractivity contribution in [1.29, 1.82) is 0 Å². The summed E-state index contributed by atoms with van der Waals surface area (Å²) in [6, 6.07) is 21.8. The van der Waals surface area contributed by atoms with Crippen molar-refractivity contribution in [2.45, 2.75) is 25.9 Å². The molecule has 0 bridgehead atoms. The van der Waals surface area contributed by atoms with Crippen molar-refractivity contribution in [2.24, 2.45) is 0 Å². The summed E-state index contributed by atoms with van der Waals surface area (Å²) in [5, 5.41) is 4.87. The Balaban J connectivity index is 1.51. The van der Waals surface area contributed by atoms with Gasteiger partial charge in [0.1, 0.15) is 0 Å². The van der Waals surface area contributed by atoms with Gasteiger partial charge in [0.05, 0.1) is 17.8 Å². The molecule has 2 aliphatic heterocycles. The summed E-state index contributed by atoms with van der Waals surface area (Å²) in [6.07, 6.45) is 1.82. The minimum absolute atomic E-state index is 0.128. The number of rotatable bonds is 4. The molecular formula is C27H23ClN4O2S. The van der Waals surface area contributed by atoms with Crippen molar-refractivity contribution in [1.82, 2.24) is 14.9 Å². The Labute approximate surface area is 214 Å². The van der Waals surface area contributed by atoms with Gasteiger partial charge in [-0.15, -0.1) is 0 Å². The first-order valence-corrected chi connectivity index (χ1v) is 12.1. The molecular weight excluding hydrogens is 480 g/mol. The Kier molecular flexibility index (Phi) is 5.39. The monoisotopic (exact) mass is 502 g/mol. The summed E-state index contributed by atoms with van der Waals surface area (Å²) in [6.45, 7) is 4.47. The smallest absolute Gasteiger partial charge is 0.231 e. The Morgan fingerprint density at radius 3 is 2.63 bits per heavy atom. The predicted molar refractivity (Wildman–Crippen MR) is 141 cm³/mol. The second-order valence-corrected chi connectivity index (χ2v) is 9.50. The Hall–Kier alpha value is -3.55.